The number of hydrogen-bond acceptors (Lipinski definition) is 4. The topological polar surface area (TPSA) is 35.5 Å². The van der Waals surface area contributed by atoms with Gasteiger partial charge in [0.2, 0.25) is 0 Å². The monoisotopic (exact) mass is 326 g/mol. The van der Waals surface area contributed by atoms with Crippen molar-refractivity contribution in [3.8, 4) is 0 Å². The second-order valence-corrected chi connectivity index (χ2v) is 6.89. The molecule has 0 radical (unpaired) electrons. The van der Waals surface area contributed by atoms with E-state index in [0.29, 0.717) is 5.92 Å². The summed E-state index contributed by atoms with van der Waals surface area (Å²) in [5.41, 5.74) is 1.38. The van der Waals surface area contributed by atoms with Crippen LogP contribution in [0.3, 0.4) is 0 Å². The van der Waals surface area contributed by atoms with Gasteiger partial charge in [0.25, 0.3) is 0 Å². The minimum Gasteiger partial charge on any atom is -0.469 e. The van der Waals surface area contributed by atoms with Gasteiger partial charge in [-0.15, -0.1) is 0 Å². The first-order valence-electron chi connectivity index (χ1n) is 8.34. The van der Waals surface area contributed by atoms with Crippen LogP contribution in [0.15, 0.2) is 22.6 Å². The molecule has 0 spiro atoms. The van der Waals surface area contributed by atoms with Crippen LogP contribution in [0.1, 0.15) is 59.3 Å². The minimum atomic E-state index is -0.0528. The predicted octanol–water partition coefficient (Wildman–Crippen LogP) is 5.28. The summed E-state index contributed by atoms with van der Waals surface area (Å²) in [6.45, 7) is 7.24. The van der Waals surface area contributed by atoms with Crippen LogP contribution in [0.4, 0.5) is 0 Å². The van der Waals surface area contributed by atoms with Crippen LogP contribution in [-0.4, -0.2) is 19.7 Å². The lowest BCUT2D eigenvalue weighted by atomic mass is 9.82. The Bertz CT molecular complexity index is 393. The molecule has 0 atom stereocenters. The highest BCUT2D eigenvalue weighted by Gasteiger charge is 2.26. The Hall–Kier alpha value is -0.740. The Labute approximate surface area is 139 Å². The molecule has 1 aliphatic rings. The van der Waals surface area contributed by atoms with Crippen molar-refractivity contribution in [3.63, 3.8) is 0 Å². The number of carbonyl (C=O) groups excluding carboxylic acids is 1. The summed E-state index contributed by atoms with van der Waals surface area (Å²) in [4.78, 5) is 12.8. The molecule has 0 amide bonds. The van der Waals surface area contributed by atoms with Crippen LogP contribution in [0.25, 0.3) is 0 Å². The second kappa shape index (κ2) is 10.9. The lowest BCUT2D eigenvalue weighted by Gasteiger charge is -2.26. The summed E-state index contributed by atoms with van der Waals surface area (Å²) in [7, 11) is 1.47. The standard InChI is InChI=1S/C18H30O3S/c1-5-14(3)7-12-17(6-2)22-21-13-15-8-10-16(11-9-15)18(19)20-4/h7,12,15-16H,5-6,8-11,13H2,1-4H3/b14-7-,17-12+. The Kier molecular flexibility index (Phi) is 9.56. The maximum absolute atomic E-state index is 11.5. The molecule has 0 bridgehead atoms. The molecule has 1 saturated carbocycles. The lowest BCUT2D eigenvalue weighted by molar-refractivity contribution is -0.146. The molecule has 1 aliphatic carbocycles. The summed E-state index contributed by atoms with van der Waals surface area (Å²) in [5, 5.41) is 0. The molecule has 22 heavy (non-hydrogen) atoms. The van der Waals surface area contributed by atoms with Gasteiger partial charge >= 0.3 is 5.97 Å². The van der Waals surface area contributed by atoms with Gasteiger partial charge in [-0.2, -0.15) is 0 Å². The Morgan fingerprint density at radius 2 is 1.82 bits per heavy atom. The van der Waals surface area contributed by atoms with E-state index in [0.717, 1.165) is 45.1 Å². The van der Waals surface area contributed by atoms with Crippen molar-refractivity contribution in [2.45, 2.75) is 59.3 Å². The fraction of sp³-hybridized carbons (Fsp3) is 0.722. The third kappa shape index (κ3) is 7.01. The maximum atomic E-state index is 11.5. The van der Waals surface area contributed by atoms with Crippen molar-refractivity contribution >= 4 is 18.0 Å². The minimum absolute atomic E-state index is 0.0528. The van der Waals surface area contributed by atoms with Gasteiger partial charge in [0.1, 0.15) is 0 Å². The third-order valence-corrected chi connectivity index (χ3v) is 5.20. The summed E-state index contributed by atoms with van der Waals surface area (Å²) >= 11 is 1.50. The quantitative estimate of drug-likeness (QED) is 0.345. The Balaban J connectivity index is 2.28. The van der Waals surface area contributed by atoms with E-state index in [4.69, 9.17) is 8.92 Å². The zero-order valence-electron chi connectivity index (χ0n) is 14.4. The van der Waals surface area contributed by atoms with Crippen molar-refractivity contribution in [1.82, 2.24) is 0 Å². The van der Waals surface area contributed by atoms with E-state index in [-0.39, 0.29) is 11.9 Å². The van der Waals surface area contributed by atoms with Crippen molar-refractivity contribution in [1.29, 1.82) is 0 Å². The number of methoxy groups -OCH3 is 1. The van der Waals surface area contributed by atoms with E-state index in [1.807, 2.05) is 0 Å². The van der Waals surface area contributed by atoms with Crippen LogP contribution in [-0.2, 0) is 13.7 Å². The number of rotatable bonds is 8. The van der Waals surface area contributed by atoms with Crippen molar-refractivity contribution < 1.29 is 13.7 Å². The predicted molar refractivity (Wildman–Crippen MR) is 93.4 cm³/mol. The number of ether oxygens (including phenoxy) is 1. The molecule has 4 heteroatoms. The summed E-state index contributed by atoms with van der Waals surface area (Å²) in [6.07, 6.45) is 10.4. The van der Waals surface area contributed by atoms with Crippen molar-refractivity contribution in [3.05, 3.63) is 22.6 Å². The fourth-order valence-corrected chi connectivity index (χ4v) is 3.15. The van der Waals surface area contributed by atoms with Gasteiger partial charge in [0.15, 0.2) is 0 Å². The second-order valence-electron chi connectivity index (χ2n) is 5.96. The zero-order chi connectivity index (χ0) is 16.4. The van der Waals surface area contributed by atoms with Gasteiger partial charge in [0.05, 0.1) is 19.6 Å². The van der Waals surface area contributed by atoms with Gasteiger partial charge < -0.3 is 8.92 Å². The van der Waals surface area contributed by atoms with E-state index >= 15 is 0 Å². The smallest absolute Gasteiger partial charge is 0.308 e. The molecule has 0 heterocycles. The van der Waals surface area contributed by atoms with Gasteiger partial charge in [-0.1, -0.05) is 31.6 Å². The number of hydrogen-bond donors (Lipinski definition) is 0. The van der Waals surface area contributed by atoms with Crippen LogP contribution in [0.2, 0.25) is 0 Å². The first-order valence-corrected chi connectivity index (χ1v) is 9.08. The van der Waals surface area contributed by atoms with Crippen LogP contribution in [0, 0.1) is 11.8 Å². The van der Waals surface area contributed by atoms with Gasteiger partial charge in [-0.25, -0.2) is 0 Å². The summed E-state index contributed by atoms with van der Waals surface area (Å²) in [5.74, 6) is 0.615. The highest BCUT2D eigenvalue weighted by atomic mass is 32.2. The molecule has 3 nitrogen and oxygen atoms in total. The van der Waals surface area contributed by atoms with E-state index in [1.165, 1.54) is 29.6 Å². The number of carbonyl (C=O) groups is 1. The molecule has 0 aromatic carbocycles. The van der Waals surface area contributed by atoms with Crippen molar-refractivity contribution in [2.24, 2.45) is 11.8 Å². The van der Waals surface area contributed by atoms with Crippen molar-refractivity contribution in [2.75, 3.05) is 13.7 Å². The molecule has 0 unspecified atom stereocenters. The summed E-state index contributed by atoms with van der Waals surface area (Å²) in [6, 6.07) is 0. The highest BCUT2D eigenvalue weighted by Crippen LogP contribution is 2.31. The SMILES string of the molecule is CC/C(C)=C\C=C(/CC)SOCC1CCC(C(=O)OC)CC1. The Morgan fingerprint density at radius 3 is 2.36 bits per heavy atom. The fourth-order valence-electron chi connectivity index (χ4n) is 2.50. The normalized spacial score (nSPS) is 23.5. The molecule has 1 fully saturated rings. The molecule has 0 N–H and O–H groups in total. The molecule has 126 valence electrons. The number of allylic oxidation sites excluding steroid dienone is 4. The van der Waals surface area contributed by atoms with Crippen LogP contribution < -0.4 is 0 Å². The average molecular weight is 327 g/mol. The first-order chi connectivity index (χ1) is 10.6. The molecular weight excluding hydrogens is 296 g/mol. The van der Waals surface area contributed by atoms with Gasteiger partial charge in [-0.3, -0.25) is 4.79 Å². The maximum Gasteiger partial charge on any atom is 0.308 e. The van der Waals surface area contributed by atoms with Gasteiger partial charge in [0, 0.05) is 16.9 Å². The van der Waals surface area contributed by atoms with E-state index in [1.54, 1.807) is 0 Å². The largest absolute Gasteiger partial charge is 0.469 e. The average Bonchev–Trinajstić information content (AvgIpc) is 2.57. The lowest BCUT2D eigenvalue weighted by Crippen LogP contribution is -2.24. The molecular formula is C18H30O3S. The Morgan fingerprint density at radius 1 is 1.14 bits per heavy atom. The van der Waals surface area contributed by atoms with Gasteiger partial charge in [-0.05, 0) is 51.4 Å². The molecule has 1 rings (SSSR count). The third-order valence-electron chi connectivity index (χ3n) is 4.31. The van der Waals surface area contributed by atoms with E-state index in [9.17, 15) is 4.79 Å². The number of esters is 1. The van der Waals surface area contributed by atoms with Crippen LogP contribution >= 0.6 is 12.0 Å². The highest BCUT2D eigenvalue weighted by molar-refractivity contribution is 7.98. The summed E-state index contributed by atoms with van der Waals surface area (Å²) < 4.78 is 10.6. The molecule has 0 saturated heterocycles. The van der Waals surface area contributed by atoms with E-state index < -0.39 is 0 Å². The van der Waals surface area contributed by atoms with Crippen LogP contribution in [0.5, 0.6) is 0 Å². The molecule has 0 aromatic heterocycles. The van der Waals surface area contributed by atoms with E-state index in [2.05, 4.69) is 32.9 Å². The molecule has 0 aromatic rings. The molecule has 0 aliphatic heterocycles. The zero-order valence-corrected chi connectivity index (χ0v) is 15.2. The first kappa shape index (κ1) is 19.3.